The van der Waals surface area contributed by atoms with Crippen molar-refractivity contribution in [2.75, 3.05) is 7.05 Å². The van der Waals surface area contributed by atoms with Crippen LogP contribution in [0.4, 0.5) is 0 Å². The van der Waals surface area contributed by atoms with E-state index >= 15 is 0 Å². The number of rotatable bonds is 8. The van der Waals surface area contributed by atoms with Gasteiger partial charge in [-0.15, -0.1) is 12.4 Å². The number of likely N-dealkylation sites (N-methyl/N-ethyl adjacent to an activating group) is 1. The van der Waals surface area contributed by atoms with E-state index in [4.69, 9.17) is 9.26 Å². The third kappa shape index (κ3) is 5.31. The topological polar surface area (TPSA) is 60.2 Å². The molecule has 1 aromatic heterocycles. The zero-order valence-corrected chi connectivity index (χ0v) is 16.7. The lowest BCUT2D eigenvalue weighted by atomic mass is 10.1. The van der Waals surface area contributed by atoms with Crippen LogP contribution < -0.4 is 10.1 Å². The van der Waals surface area contributed by atoms with Gasteiger partial charge < -0.3 is 14.6 Å². The van der Waals surface area contributed by atoms with Gasteiger partial charge in [-0.05, 0) is 32.0 Å². The fourth-order valence-corrected chi connectivity index (χ4v) is 2.76. The quantitative estimate of drug-likeness (QED) is 0.621. The zero-order valence-electron chi connectivity index (χ0n) is 15.9. The Kier molecular flexibility index (Phi) is 7.82. The summed E-state index contributed by atoms with van der Waals surface area (Å²) in [5.41, 5.74) is 2.13. The van der Waals surface area contributed by atoms with Crippen LogP contribution >= 0.6 is 12.4 Å². The van der Waals surface area contributed by atoms with Crippen LogP contribution in [0.5, 0.6) is 5.75 Å². The van der Waals surface area contributed by atoms with Crippen molar-refractivity contribution in [1.82, 2.24) is 15.5 Å². The molecule has 2 unspecified atom stereocenters. The number of benzene rings is 2. The summed E-state index contributed by atoms with van der Waals surface area (Å²) < 4.78 is 11.9. The molecule has 0 amide bonds. The molecule has 2 aromatic carbocycles. The van der Waals surface area contributed by atoms with E-state index < -0.39 is 6.10 Å². The summed E-state index contributed by atoms with van der Waals surface area (Å²) in [5, 5.41) is 7.31. The maximum Gasteiger partial charge on any atom is 0.272 e. The molecule has 3 rings (SSSR count). The molecule has 144 valence electrons. The molecule has 2 atom stereocenters. The van der Waals surface area contributed by atoms with Gasteiger partial charge in [0.15, 0.2) is 5.82 Å². The smallest absolute Gasteiger partial charge is 0.272 e. The summed E-state index contributed by atoms with van der Waals surface area (Å²) in [7, 11) is 1.92. The first kappa shape index (κ1) is 20.9. The number of hydrogen-bond donors (Lipinski definition) is 1. The summed E-state index contributed by atoms with van der Waals surface area (Å²) >= 11 is 0. The summed E-state index contributed by atoms with van der Waals surface area (Å²) in [6.07, 6.45) is 1.16. The summed E-state index contributed by atoms with van der Waals surface area (Å²) in [4.78, 5) is 4.58. The van der Waals surface area contributed by atoms with Gasteiger partial charge in [-0.1, -0.05) is 60.6 Å². The fourth-order valence-electron chi connectivity index (χ4n) is 2.76. The van der Waals surface area contributed by atoms with Crippen molar-refractivity contribution in [2.24, 2.45) is 0 Å². The highest BCUT2D eigenvalue weighted by Crippen LogP contribution is 2.30. The Hall–Kier alpha value is -2.37. The number of halogens is 1. The van der Waals surface area contributed by atoms with Gasteiger partial charge in [0.05, 0.1) is 0 Å². The second-order valence-corrected chi connectivity index (χ2v) is 6.31. The van der Waals surface area contributed by atoms with Crippen molar-refractivity contribution in [2.45, 2.75) is 38.8 Å². The van der Waals surface area contributed by atoms with E-state index in [1.807, 2.05) is 55.6 Å². The third-order valence-corrected chi connectivity index (χ3v) is 4.39. The predicted molar refractivity (Wildman–Crippen MR) is 109 cm³/mol. The van der Waals surface area contributed by atoms with Crippen LogP contribution in [0.1, 0.15) is 42.8 Å². The third-order valence-electron chi connectivity index (χ3n) is 4.39. The number of aromatic nitrogens is 2. The number of ether oxygens (including phenoxy) is 1. The molecule has 0 radical (unpaired) electrons. The van der Waals surface area contributed by atoms with Gasteiger partial charge in [0.2, 0.25) is 6.10 Å². The first-order valence-electron chi connectivity index (χ1n) is 9.00. The van der Waals surface area contributed by atoms with E-state index in [-0.39, 0.29) is 18.4 Å². The SMILES string of the molecule is CCc1ccccc1OC(c1ccccc1)c1nc(CC(C)NC)no1.Cl. The molecule has 1 heterocycles. The summed E-state index contributed by atoms with van der Waals surface area (Å²) in [5.74, 6) is 1.99. The number of aryl methyl sites for hydroxylation is 1. The lowest BCUT2D eigenvalue weighted by Gasteiger charge is -2.18. The van der Waals surface area contributed by atoms with Crippen LogP contribution in [-0.4, -0.2) is 23.2 Å². The van der Waals surface area contributed by atoms with Gasteiger partial charge in [0.1, 0.15) is 5.75 Å². The van der Waals surface area contributed by atoms with Crippen LogP contribution in [0.3, 0.4) is 0 Å². The maximum atomic E-state index is 6.34. The monoisotopic (exact) mass is 387 g/mol. The van der Waals surface area contributed by atoms with Gasteiger partial charge in [-0.2, -0.15) is 4.98 Å². The molecule has 5 nitrogen and oxygen atoms in total. The minimum absolute atomic E-state index is 0. The number of para-hydroxylation sites is 1. The molecule has 0 saturated carbocycles. The highest BCUT2D eigenvalue weighted by Gasteiger charge is 2.24. The van der Waals surface area contributed by atoms with Crippen molar-refractivity contribution in [3.05, 3.63) is 77.4 Å². The molecule has 1 N–H and O–H groups in total. The summed E-state index contributed by atoms with van der Waals surface area (Å²) in [6.45, 7) is 4.20. The number of hydrogen-bond acceptors (Lipinski definition) is 5. The molecule has 0 saturated heterocycles. The molecule has 0 fully saturated rings. The molecule has 0 aliphatic rings. The second-order valence-electron chi connectivity index (χ2n) is 6.31. The molecular weight excluding hydrogens is 362 g/mol. The molecule has 3 aromatic rings. The number of nitrogens with one attached hydrogen (secondary N) is 1. The predicted octanol–water partition coefficient (Wildman–Crippen LogP) is 4.37. The molecule has 27 heavy (non-hydrogen) atoms. The van der Waals surface area contributed by atoms with Gasteiger partial charge in [0, 0.05) is 18.0 Å². The van der Waals surface area contributed by atoms with Gasteiger partial charge in [-0.25, -0.2) is 0 Å². The van der Waals surface area contributed by atoms with Crippen LogP contribution in [0.25, 0.3) is 0 Å². The Balaban J connectivity index is 0.00000261. The van der Waals surface area contributed by atoms with Crippen LogP contribution in [0, 0.1) is 0 Å². The Labute approximate surface area is 166 Å². The Morgan fingerprint density at radius 1 is 1.07 bits per heavy atom. The Bertz CT molecular complexity index is 823. The molecule has 0 aliphatic heterocycles. The van der Waals surface area contributed by atoms with Crippen LogP contribution in [0.2, 0.25) is 0 Å². The highest BCUT2D eigenvalue weighted by molar-refractivity contribution is 5.85. The average molecular weight is 388 g/mol. The molecular formula is C21H26ClN3O2. The van der Waals surface area contributed by atoms with Crippen molar-refractivity contribution < 1.29 is 9.26 Å². The van der Waals surface area contributed by atoms with Crippen molar-refractivity contribution >= 4 is 12.4 Å². The highest BCUT2D eigenvalue weighted by atomic mass is 35.5. The Morgan fingerprint density at radius 2 is 1.78 bits per heavy atom. The first-order valence-corrected chi connectivity index (χ1v) is 9.00. The van der Waals surface area contributed by atoms with Crippen molar-refractivity contribution in [1.29, 1.82) is 0 Å². The lowest BCUT2D eigenvalue weighted by Crippen LogP contribution is -2.24. The van der Waals surface area contributed by atoms with Crippen LogP contribution in [-0.2, 0) is 12.8 Å². The molecule has 0 bridgehead atoms. The zero-order chi connectivity index (χ0) is 18.4. The minimum Gasteiger partial charge on any atom is -0.476 e. The summed E-state index contributed by atoms with van der Waals surface area (Å²) in [6, 6.07) is 18.3. The molecule has 6 heteroatoms. The molecule has 0 aliphatic carbocycles. The average Bonchev–Trinajstić information content (AvgIpc) is 3.15. The first-order chi connectivity index (χ1) is 12.7. The standard InChI is InChI=1S/C21H25N3O2.ClH/c1-4-16-10-8-9-13-18(16)25-20(17-11-6-5-7-12-17)21-23-19(24-26-21)14-15(2)22-3;/h5-13,15,20,22H,4,14H2,1-3H3;1H. The van der Waals surface area contributed by atoms with E-state index in [0.29, 0.717) is 18.1 Å². The fraction of sp³-hybridized carbons (Fsp3) is 0.333. The molecule has 0 spiro atoms. The normalized spacial score (nSPS) is 12.9. The van der Waals surface area contributed by atoms with E-state index in [9.17, 15) is 0 Å². The lowest BCUT2D eigenvalue weighted by molar-refractivity contribution is 0.192. The van der Waals surface area contributed by atoms with E-state index in [2.05, 4.69) is 35.4 Å². The van der Waals surface area contributed by atoms with E-state index in [1.165, 1.54) is 0 Å². The van der Waals surface area contributed by atoms with Gasteiger partial charge in [-0.3, -0.25) is 0 Å². The van der Waals surface area contributed by atoms with Crippen LogP contribution in [0.15, 0.2) is 59.1 Å². The number of nitrogens with zero attached hydrogens (tertiary/aromatic N) is 2. The Morgan fingerprint density at radius 3 is 2.48 bits per heavy atom. The minimum atomic E-state index is -0.435. The second kappa shape index (κ2) is 10.1. The van der Waals surface area contributed by atoms with Crippen molar-refractivity contribution in [3.63, 3.8) is 0 Å². The van der Waals surface area contributed by atoms with E-state index in [1.54, 1.807) is 0 Å². The maximum absolute atomic E-state index is 6.34. The largest absolute Gasteiger partial charge is 0.476 e. The van der Waals surface area contributed by atoms with E-state index in [0.717, 1.165) is 23.3 Å². The van der Waals surface area contributed by atoms with Gasteiger partial charge >= 0.3 is 0 Å². The van der Waals surface area contributed by atoms with Crippen molar-refractivity contribution in [3.8, 4) is 5.75 Å². The van der Waals surface area contributed by atoms with Gasteiger partial charge in [0.25, 0.3) is 5.89 Å².